The lowest BCUT2D eigenvalue weighted by Crippen LogP contribution is -2.32. The molecule has 0 radical (unpaired) electrons. The Balaban J connectivity index is 1.85. The second kappa shape index (κ2) is 12.0. The number of benzene rings is 3. The highest BCUT2D eigenvalue weighted by molar-refractivity contribution is 6.59. The SMILES string of the molecule is CC(C)(COC(=O)c1cc(B(O)O)cc([N+](=O)[O-])c1)c1ccccc1OC(=O)c1cc(B(O)O)cc([N+](=O)[O-])c1. The number of hydrogen-bond acceptors (Lipinski definition) is 12. The van der Waals surface area contributed by atoms with Gasteiger partial charge in [-0.3, -0.25) is 20.2 Å². The van der Waals surface area contributed by atoms with Crippen LogP contribution >= 0.6 is 0 Å². The third-order valence-corrected chi connectivity index (χ3v) is 5.75. The summed E-state index contributed by atoms with van der Waals surface area (Å²) in [4.78, 5) is 46.4. The number of esters is 2. The molecule has 14 nitrogen and oxygen atoms in total. The molecular weight excluding hydrogens is 530 g/mol. The molecule has 3 aromatic carbocycles. The maximum atomic E-state index is 12.9. The molecule has 0 aromatic heterocycles. The van der Waals surface area contributed by atoms with E-state index >= 15 is 0 Å². The Kier molecular flexibility index (Phi) is 9.01. The van der Waals surface area contributed by atoms with Crippen LogP contribution in [0.2, 0.25) is 0 Å². The minimum Gasteiger partial charge on any atom is -0.461 e. The summed E-state index contributed by atoms with van der Waals surface area (Å²) >= 11 is 0. The van der Waals surface area contributed by atoms with Crippen molar-refractivity contribution in [2.45, 2.75) is 19.3 Å². The number of carbonyl (C=O) groups is 2. The van der Waals surface area contributed by atoms with E-state index in [1.807, 2.05) is 0 Å². The zero-order valence-electron chi connectivity index (χ0n) is 21.1. The maximum Gasteiger partial charge on any atom is 0.488 e. The largest absolute Gasteiger partial charge is 0.488 e. The van der Waals surface area contributed by atoms with Gasteiger partial charge in [-0.15, -0.1) is 0 Å². The topological polar surface area (TPSA) is 220 Å². The van der Waals surface area contributed by atoms with Gasteiger partial charge in [0.25, 0.3) is 11.4 Å². The van der Waals surface area contributed by atoms with Crippen molar-refractivity contribution in [3.8, 4) is 5.75 Å². The second-order valence-electron chi connectivity index (χ2n) is 9.23. The molecule has 0 bridgehead atoms. The lowest BCUT2D eigenvalue weighted by Gasteiger charge is -2.26. The molecule has 0 fully saturated rings. The number of hydrogen-bond donors (Lipinski definition) is 4. The Labute approximate surface area is 227 Å². The van der Waals surface area contributed by atoms with Crippen LogP contribution in [0.25, 0.3) is 0 Å². The zero-order chi connectivity index (χ0) is 29.8. The molecule has 16 heteroatoms. The van der Waals surface area contributed by atoms with Gasteiger partial charge in [-0.1, -0.05) is 32.0 Å². The number of ether oxygens (including phenoxy) is 2. The van der Waals surface area contributed by atoms with Gasteiger partial charge >= 0.3 is 26.2 Å². The summed E-state index contributed by atoms with van der Waals surface area (Å²) in [6.07, 6.45) is 0. The molecule has 40 heavy (non-hydrogen) atoms. The average molecular weight is 552 g/mol. The van der Waals surface area contributed by atoms with Crippen LogP contribution < -0.4 is 15.7 Å². The molecule has 0 aliphatic heterocycles. The number of nitrogens with zero attached hydrogens (tertiary/aromatic N) is 2. The van der Waals surface area contributed by atoms with Crippen LogP contribution in [0.5, 0.6) is 5.75 Å². The third-order valence-electron chi connectivity index (χ3n) is 5.75. The second-order valence-corrected chi connectivity index (χ2v) is 9.23. The number of rotatable bonds is 10. The molecule has 0 unspecified atom stereocenters. The molecular formula is C24H22B2N2O12. The highest BCUT2D eigenvalue weighted by Gasteiger charge is 2.29. The maximum absolute atomic E-state index is 12.9. The Morgan fingerprint density at radius 3 is 1.75 bits per heavy atom. The molecule has 3 rings (SSSR count). The van der Waals surface area contributed by atoms with Gasteiger partial charge in [0.1, 0.15) is 12.4 Å². The predicted octanol–water partition coefficient (Wildman–Crippen LogP) is 0.216. The highest BCUT2D eigenvalue weighted by atomic mass is 16.6. The minimum atomic E-state index is -2.07. The average Bonchev–Trinajstić information content (AvgIpc) is 2.91. The smallest absolute Gasteiger partial charge is 0.461 e. The van der Waals surface area contributed by atoms with Crippen LogP contribution in [0.1, 0.15) is 40.1 Å². The first-order valence-corrected chi connectivity index (χ1v) is 11.5. The molecule has 0 aliphatic rings. The van der Waals surface area contributed by atoms with E-state index in [4.69, 9.17) is 9.47 Å². The van der Waals surface area contributed by atoms with Crippen molar-refractivity contribution in [2.24, 2.45) is 0 Å². The summed E-state index contributed by atoms with van der Waals surface area (Å²) in [5.41, 5.74) is -2.92. The number of nitro groups is 2. The van der Waals surface area contributed by atoms with Gasteiger partial charge < -0.3 is 29.6 Å². The molecule has 0 aliphatic carbocycles. The lowest BCUT2D eigenvalue weighted by atomic mass is 9.79. The Morgan fingerprint density at radius 1 is 0.800 bits per heavy atom. The van der Waals surface area contributed by atoms with Gasteiger partial charge in [-0.2, -0.15) is 0 Å². The normalized spacial score (nSPS) is 10.9. The van der Waals surface area contributed by atoms with Crippen LogP contribution in [0.15, 0.2) is 60.7 Å². The third kappa shape index (κ3) is 7.06. The van der Waals surface area contributed by atoms with Crippen LogP contribution in [-0.2, 0) is 10.2 Å². The van der Waals surface area contributed by atoms with Crippen molar-refractivity contribution in [1.82, 2.24) is 0 Å². The van der Waals surface area contributed by atoms with Crippen LogP contribution in [0.3, 0.4) is 0 Å². The molecule has 0 saturated carbocycles. The van der Waals surface area contributed by atoms with E-state index < -0.39 is 52.8 Å². The monoisotopic (exact) mass is 552 g/mol. The predicted molar refractivity (Wildman–Crippen MR) is 141 cm³/mol. The first kappa shape index (κ1) is 29.9. The van der Waals surface area contributed by atoms with Gasteiger partial charge in [0.2, 0.25) is 0 Å². The van der Waals surface area contributed by atoms with Crippen molar-refractivity contribution in [1.29, 1.82) is 0 Å². The molecule has 0 amide bonds. The Bertz CT molecular complexity index is 1480. The lowest BCUT2D eigenvalue weighted by molar-refractivity contribution is -0.385. The van der Waals surface area contributed by atoms with Crippen LogP contribution in [-0.4, -0.2) is 62.7 Å². The van der Waals surface area contributed by atoms with Crippen molar-refractivity contribution in [3.05, 3.63) is 97.6 Å². The quantitative estimate of drug-likeness (QED) is 0.0873. The van der Waals surface area contributed by atoms with E-state index in [0.29, 0.717) is 5.56 Å². The molecule has 0 atom stereocenters. The first-order valence-electron chi connectivity index (χ1n) is 11.5. The van der Waals surface area contributed by atoms with Crippen molar-refractivity contribution in [2.75, 3.05) is 6.61 Å². The fourth-order valence-electron chi connectivity index (χ4n) is 3.69. The number of carbonyl (C=O) groups excluding carboxylic acids is 2. The summed E-state index contributed by atoms with van der Waals surface area (Å²) < 4.78 is 10.8. The van der Waals surface area contributed by atoms with E-state index in [1.165, 1.54) is 6.07 Å². The fourth-order valence-corrected chi connectivity index (χ4v) is 3.69. The molecule has 3 aromatic rings. The van der Waals surface area contributed by atoms with Gasteiger partial charge in [0.05, 0.1) is 21.0 Å². The fraction of sp³-hybridized carbons (Fsp3) is 0.167. The van der Waals surface area contributed by atoms with Gasteiger partial charge in [0.15, 0.2) is 0 Å². The standard InChI is InChI=1S/C24H22B2N2O12/c1-24(2,13-39-22(29)14-7-16(25(31)32)11-18(9-14)27(35)36)20-5-3-4-6-21(20)40-23(30)15-8-17(26(33)34)12-19(10-15)28(37)38/h3-12,31-34H,13H2,1-2H3. The van der Waals surface area contributed by atoms with Crippen molar-refractivity contribution in [3.63, 3.8) is 0 Å². The molecule has 0 saturated heterocycles. The van der Waals surface area contributed by atoms with Crippen LogP contribution in [0, 0.1) is 20.2 Å². The number of nitro benzene ring substituents is 2. The summed E-state index contributed by atoms with van der Waals surface area (Å²) in [7, 11) is -4.14. The van der Waals surface area contributed by atoms with E-state index in [2.05, 4.69) is 0 Å². The number of para-hydroxylation sites is 1. The van der Waals surface area contributed by atoms with E-state index in [1.54, 1.807) is 32.0 Å². The number of non-ortho nitro benzene ring substituents is 2. The minimum absolute atomic E-state index is 0.0205. The summed E-state index contributed by atoms with van der Waals surface area (Å²) in [5.74, 6) is -2.00. The van der Waals surface area contributed by atoms with Gasteiger partial charge in [0, 0.05) is 35.2 Å². The van der Waals surface area contributed by atoms with Gasteiger partial charge in [-0.05, 0) is 29.1 Å². The van der Waals surface area contributed by atoms with Crippen molar-refractivity contribution >= 4 is 48.5 Å². The molecule has 4 N–H and O–H groups in total. The summed E-state index contributed by atoms with van der Waals surface area (Å²) in [6.45, 7) is 2.99. The van der Waals surface area contributed by atoms with E-state index in [0.717, 1.165) is 36.4 Å². The van der Waals surface area contributed by atoms with Crippen LogP contribution in [0.4, 0.5) is 11.4 Å². The Hall–Kier alpha value is -4.63. The van der Waals surface area contributed by atoms with E-state index in [-0.39, 0.29) is 34.4 Å². The molecule has 0 spiro atoms. The zero-order valence-corrected chi connectivity index (χ0v) is 21.1. The molecule has 206 valence electrons. The molecule has 0 heterocycles. The Morgan fingerprint density at radius 2 is 1.27 bits per heavy atom. The first-order chi connectivity index (χ1) is 18.7. The van der Waals surface area contributed by atoms with Gasteiger partial charge in [-0.25, -0.2) is 9.59 Å². The van der Waals surface area contributed by atoms with Crippen molar-refractivity contribution < 1.29 is 49.0 Å². The highest BCUT2D eigenvalue weighted by Crippen LogP contribution is 2.33. The van der Waals surface area contributed by atoms with E-state index in [9.17, 15) is 49.9 Å². The summed E-state index contributed by atoms with van der Waals surface area (Å²) in [6, 6.07) is 11.9. The summed E-state index contributed by atoms with van der Waals surface area (Å²) in [5, 5.41) is 60.0.